The smallest absolute Gasteiger partial charge is 0.324 e. The Kier molecular flexibility index (Phi) is 3.48. The average Bonchev–Trinajstić information content (AvgIpc) is 2.83. The average molecular weight is 289 g/mol. The predicted molar refractivity (Wildman–Crippen MR) is 68.1 cm³/mol. The summed E-state index contributed by atoms with van der Waals surface area (Å²) in [6.45, 7) is 1.75. The summed E-state index contributed by atoms with van der Waals surface area (Å²) in [6.07, 6.45) is 1.79. The van der Waals surface area contributed by atoms with Crippen LogP contribution >= 0.6 is 11.3 Å². The lowest BCUT2D eigenvalue weighted by molar-refractivity contribution is -0.149. The molecule has 2 rings (SSSR count). The van der Waals surface area contributed by atoms with Gasteiger partial charge < -0.3 is 5.11 Å². The van der Waals surface area contributed by atoms with E-state index in [1.807, 2.05) is 0 Å². The van der Waals surface area contributed by atoms with Crippen molar-refractivity contribution < 1.29 is 18.3 Å². The number of aliphatic carboxylic acids is 1. The molecule has 1 saturated heterocycles. The van der Waals surface area contributed by atoms with E-state index in [1.165, 1.54) is 13.0 Å². The fraction of sp³-hybridized carbons (Fsp3) is 0.545. The van der Waals surface area contributed by atoms with Gasteiger partial charge in [-0.05, 0) is 37.6 Å². The summed E-state index contributed by atoms with van der Waals surface area (Å²) in [5.74, 6) is -1.08. The molecule has 2 heterocycles. The lowest BCUT2D eigenvalue weighted by Gasteiger charge is -2.39. The van der Waals surface area contributed by atoms with Gasteiger partial charge in [-0.25, -0.2) is 8.42 Å². The number of hydrogen-bond donors (Lipinski definition) is 1. The molecule has 0 saturated carbocycles. The van der Waals surface area contributed by atoms with Crippen LogP contribution in [-0.2, 0) is 14.8 Å². The summed E-state index contributed by atoms with van der Waals surface area (Å²) in [5, 5.41) is 11.0. The molecule has 7 heteroatoms. The number of rotatable bonds is 3. The van der Waals surface area contributed by atoms with Crippen molar-refractivity contribution in [1.82, 2.24) is 4.31 Å². The Morgan fingerprint density at radius 2 is 2.22 bits per heavy atom. The zero-order valence-electron chi connectivity index (χ0n) is 10.00. The third-order valence-electron chi connectivity index (χ3n) is 3.33. The first-order chi connectivity index (χ1) is 8.39. The van der Waals surface area contributed by atoms with Gasteiger partial charge in [0, 0.05) is 6.54 Å². The number of sulfonamides is 1. The molecule has 100 valence electrons. The molecule has 18 heavy (non-hydrogen) atoms. The van der Waals surface area contributed by atoms with Gasteiger partial charge >= 0.3 is 5.97 Å². The quantitative estimate of drug-likeness (QED) is 0.920. The summed E-state index contributed by atoms with van der Waals surface area (Å²) in [5.41, 5.74) is -1.33. The van der Waals surface area contributed by atoms with Crippen molar-refractivity contribution in [3.05, 3.63) is 17.5 Å². The SMILES string of the molecule is CC1(C(=O)O)CCCCN1S(=O)(=O)c1cccs1. The first-order valence-electron chi connectivity index (χ1n) is 5.69. The summed E-state index contributed by atoms with van der Waals surface area (Å²) >= 11 is 1.11. The summed E-state index contributed by atoms with van der Waals surface area (Å²) in [7, 11) is -3.70. The zero-order chi connectivity index (χ0) is 13.4. The van der Waals surface area contributed by atoms with Crippen molar-refractivity contribution in [3.63, 3.8) is 0 Å². The maximum Gasteiger partial charge on any atom is 0.324 e. The van der Waals surface area contributed by atoms with Crippen LogP contribution in [0.3, 0.4) is 0 Å². The molecule has 0 aliphatic carbocycles. The van der Waals surface area contributed by atoms with E-state index in [0.29, 0.717) is 12.8 Å². The minimum Gasteiger partial charge on any atom is -0.480 e. The lowest BCUT2D eigenvalue weighted by atomic mass is 9.91. The van der Waals surface area contributed by atoms with Crippen molar-refractivity contribution in [3.8, 4) is 0 Å². The molecule has 0 spiro atoms. The van der Waals surface area contributed by atoms with Gasteiger partial charge in [-0.3, -0.25) is 4.79 Å². The molecular formula is C11H15NO4S2. The van der Waals surface area contributed by atoms with Crippen molar-refractivity contribution >= 4 is 27.3 Å². The number of carbonyl (C=O) groups is 1. The number of carboxylic acid groups (broad SMARTS) is 1. The van der Waals surface area contributed by atoms with E-state index < -0.39 is 21.5 Å². The number of thiophene rings is 1. The Morgan fingerprint density at radius 1 is 1.50 bits per heavy atom. The molecule has 1 aromatic heterocycles. The lowest BCUT2D eigenvalue weighted by Crippen LogP contribution is -2.57. The van der Waals surface area contributed by atoms with E-state index in [1.54, 1.807) is 11.4 Å². The maximum atomic E-state index is 12.4. The van der Waals surface area contributed by atoms with Gasteiger partial charge in [0.1, 0.15) is 9.75 Å². The molecule has 1 N–H and O–H groups in total. The fourth-order valence-corrected chi connectivity index (χ4v) is 5.12. The van der Waals surface area contributed by atoms with E-state index in [2.05, 4.69) is 0 Å². The molecule has 1 aromatic rings. The molecule has 1 unspecified atom stereocenters. The van der Waals surface area contributed by atoms with Crippen LogP contribution in [0.5, 0.6) is 0 Å². The topological polar surface area (TPSA) is 74.7 Å². The van der Waals surface area contributed by atoms with Gasteiger partial charge in [0.05, 0.1) is 0 Å². The van der Waals surface area contributed by atoms with Gasteiger partial charge in [0.2, 0.25) is 0 Å². The third kappa shape index (κ3) is 2.06. The Morgan fingerprint density at radius 3 is 2.78 bits per heavy atom. The Balaban J connectivity index is 2.45. The standard InChI is InChI=1S/C11H15NO4S2/c1-11(10(13)14)6-2-3-7-12(11)18(15,16)9-5-4-8-17-9/h4-5,8H,2-3,6-7H2,1H3,(H,13,14). The number of hydrogen-bond acceptors (Lipinski definition) is 4. The molecular weight excluding hydrogens is 274 g/mol. The van der Waals surface area contributed by atoms with Crippen LogP contribution in [0, 0.1) is 0 Å². The van der Waals surface area contributed by atoms with Crippen LogP contribution in [0.4, 0.5) is 0 Å². The van der Waals surface area contributed by atoms with E-state index in [0.717, 1.165) is 22.1 Å². The minimum absolute atomic E-state index is 0.205. The normalized spacial score (nSPS) is 26.1. The molecule has 0 bridgehead atoms. The zero-order valence-corrected chi connectivity index (χ0v) is 11.6. The van der Waals surface area contributed by atoms with Crippen LogP contribution in [0.15, 0.2) is 21.7 Å². The van der Waals surface area contributed by atoms with Crippen LogP contribution in [-0.4, -0.2) is 35.9 Å². The highest BCUT2D eigenvalue weighted by molar-refractivity contribution is 7.91. The van der Waals surface area contributed by atoms with Gasteiger partial charge in [-0.2, -0.15) is 4.31 Å². The number of piperidine rings is 1. The Bertz CT molecular complexity index is 537. The molecule has 0 aromatic carbocycles. The Hall–Kier alpha value is -0.920. The minimum atomic E-state index is -3.70. The first-order valence-corrected chi connectivity index (χ1v) is 8.01. The molecule has 1 fully saturated rings. The number of nitrogens with zero attached hydrogens (tertiary/aromatic N) is 1. The van der Waals surface area contributed by atoms with Crippen LogP contribution < -0.4 is 0 Å². The highest BCUT2D eigenvalue weighted by Gasteiger charge is 2.48. The second kappa shape index (κ2) is 4.64. The van der Waals surface area contributed by atoms with E-state index in [4.69, 9.17) is 0 Å². The Labute approximate surface area is 110 Å². The van der Waals surface area contributed by atoms with Crippen LogP contribution in [0.2, 0.25) is 0 Å². The maximum absolute atomic E-state index is 12.4. The van der Waals surface area contributed by atoms with E-state index in [9.17, 15) is 18.3 Å². The second-order valence-corrected chi connectivity index (χ2v) is 7.58. The van der Waals surface area contributed by atoms with Crippen molar-refractivity contribution in [1.29, 1.82) is 0 Å². The molecule has 1 atom stereocenters. The molecule has 1 aliphatic heterocycles. The van der Waals surface area contributed by atoms with Crippen LogP contribution in [0.1, 0.15) is 26.2 Å². The van der Waals surface area contributed by atoms with Crippen molar-refractivity contribution in [2.45, 2.75) is 35.9 Å². The summed E-state index contributed by atoms with van der Waals surface area (Å²) in [4.78, 5) is 11.4. The largest absolute Gasteiger partial charge is 0.480 e. The third-order valence-corrected chi connectivity index (χ3v) is 6.72. The van der Waals surface area contributed by atoms with Gasteiger partial charge in [0.15, 0.2) is 0 Å². The molecule has 0 radical (unpaired) electrons. The highest BCUT2D eigenvalue weighted by atomic mass is 32.2. The molecule has 1 aliphatic rings. The van der Waals surface area contributed by atoms with Gasteiger partial charge in [-0.1, -0.05) is 6.07 Å². The second-order valence-electron chi connectivity index (χ2n) is 4.55. The van der Waals surface area contributed by atoms with Crippen LogP contribution in [0.25, 0.3) is 0 Å². The van der Waals surface area contributed by atoms with Crippen molar-refractivity contribution in [2.75, 3.05) is 6.54 Å². The first kappa shape index (κ1) is 13.5. The summed E-state index contributed by atoms with van der Waals surface area (Å²) in [6, 6.07) is 3.16. The highest BCUT2D eigenvalue weighted by Crippen LogP contribution is 2.34. The van der Waals surface area contributed by atoms with Gasteiger partial charge in [0.25, 0.3) is 10.0 Å². The van der Waals surface area contributed by atoms with E-state index >= 15 is 0 Å². The number of carboxylic acids is 1. The van der Waals surface area contributed by atoms with Crippen molar-refractivity contribution in [2.24, 2.45) is 0 Å². The molecule has 0 amide bonds. The fourth-order valence-electron chi connectivity index (χ4n) is 2.21. The monoisotopic (exact) mass is 289 g/mol. The summed E-state index contributed by atoms with van der Waals surface area (Å²) < 4.78 is 26.2. The van der Waals surface area contributed by atoms with E-state index in [-0.39, 0.29) is 10.8 Å². The van der Waals surface area contributed by atoms with Gasteiger partial charge in [-0.15, -0.1) is 11.3 Å². The predicted octanol–water partition coefficient (Wildman–Crippen LogP) is 1.77. The molecule has 5 nitrogen and oxygen atoms in total.